The zero-order valence-corrected chi connectivity index (χ0v) is 14.8. The zero-order chi connectivity index (χ0) is 19.7. The minimum absolute atomic E-state index is 0.00667. The van der Waals surface area contributed by atoms with Gasteiger partial charge in [0.1, 0.15) is 0 Å². The van der Waals surface area contributed by atoms with Crippen LogP contribution in [0.1, 0.15) is 6.42 Å². The lowest BCUT2D eigenvalue weighted by atomic mass is 10.3. The van der Waals surface area contributed by atoms with Crippen molar-refractivity contribution in [3.05, 3.63) is 56.8 Å². The summed E-state index contributed by atoms with van der Waals surface area (Å²) in [5, 5.41) is 22.2. The van der Waals surface area contributed by atoms with Gasteiger partial charge in [0.05, 0.1) is 20.9 Å². The van der Waals surface area contributed by atoms with E-state index in [0.29, 0.717) is 49.0 Å². The van der Waals surface area contributed by atoms with E-state index in [-0.39, 0.29) is 11.4 Å². The maximum absolute atomic E-state index is 11.3. The van der Waals surface area contributed by atoms with Crippen molar-refractivity contribution in [2.75, 3.05) is 36.0 Å². The van der Waals surface area contributed by atoms with Gasteiger partial charge in [-0.15, -0.1) is 0 Å². The fourth-order valence-electron chi connectivity index (χ4n) is 3.36. The number of non-ortho nitro benzene ring substituents is 1. The summed E-state index contributed by atoms with van der Waals surface area (Å²) in [5.41, 5.74) is 1.26. The van der Waals surface area contributed by atoms with Crippen LogP contribution in [0.5, 0.6) is 0 Å². The molecular weight excluding hydrogens is 366 g/mol. The minimum atomic E-state index is -0.441. The summed E-state index contributed by atoms with van der Waals surface area (Å²) >= 11 is 0. The van der Waals surface area contributed by atoms with Crippen molar-refractivity contribution in [2.45, 2.75) is 6.42 Å². The summed E-state index contributed by atoms with van der Waals surface area (Å²) in [4.78, 5) is 37.2. The molecule has 3 heterocycles. The number of nitrogens with zero attached hydrogens (tertiary/aromatic N) is 6. The number of nitro groups is 2. The Morgan fingerprint density at radius 3 is 2.57 bits per heavy atom. The Morgan fingerprint density at radius 1 is 1.00 bits per heavy atom. The molecule has 144 valence electrons. The standard InChI is InChI=1S/C17H17N7O4/c25-23(26)12-4-5-13-14(11-12)20-17(19-13)22-8-2-7-21(9-10-22)16-15(24(27)28)3-1-6-18-16/h1,3-6,11H,2,7-10H2,(H,19,20). The van der Waals surface area contributed by atoms with E-state index in [1.807, 2.05) is 9.80 Å². The lowest BCUT2D eigenvalue weighted by Gasteiger charge is -2.22. The van der Waals surface area contributed by atoms with E-state index in [9.17, 15) is 20.2 Å². The molecular formula is C17H17N7O4. The van der Waals surface area contributed by atoms with Crippen molar-refractivity contribution < 1.29 is 9.85 Å². The van der Waals surface area contributed by atoms with Crippen LogP contribution < -0.4 is 9.80 Å². The highest BCUT2D eigenvalue weighted by molar-refractivity contribution is 5.80. The molecule has 1 N–H and O–H groups in total. The Morgan fingerprint density at radius 2 is 1.79 bits per heavy atom. The van der Waals surface area contributed by atoms with E-state index in [0.717, 1.165) is 6.42 Å². The number of rotatable bonds is 4. The first kappa shape index (κ1) is 17.6. The average Bonchev–Trinajstić information content (AvgIpc) is 2.96. The van der Waals surface area contributed by atoms with Crippen molar-refractivity contribution in [1.82, 2.24) is 15.0 Å². The first-order valence-corrected chi connectivity index (χ1v) is 8.76. The van der Waals surface area contributed by atoms with Crippen LogP contribution >= 0.6 is 0 Å². The van der Waals surface area contributed by atoms with E-state index < -0.39 is 9.85 Å². The lowest BCUT2D eigenvalue weighted by molar-refractivity contribution is -0.384. The van der Waals surface area contributed by atoms with Crippen LogP contribution in [0, 0.1) is 20.2 Å². The Kier molecular flexibility index (Phi) is 4.47. The Hall–Kier alpha value is -3.76. The molecule has 0 spiro atoms. The number of fused-ring (bicyclic) bond motifs is 1. The molecule has 0 radical (unpaired) electrons. The topological polar surface area (TPSA) is 134 Å². The third-order valence-corrected chi connectivity index (χ3v) is 4.72. The summed E-state index contributed by atoms with van der Waals surface area (Å²) in [6.07, 6.45) is 2.32. The van der Waals surface area contributed by atoms with Gasteiger partial charge in [0.15, 0.2) is 0 Å². The van der Waals surface area contributed by atoms with Crippen LogP contribution in [0.25, 0.3) is 11.0 Å². The first-order chi connectivity index (χ1) is 13.5. The summed E-state index contributed by atoms with van der Waals surface area (Å²) in [5.74, 6) is 1.00. The average molecular weight is 383 g/mol. The Balaban J connectivity index is 1.55. The smallest absolute Gasteiger partial charge is 0.311 e. The summed E-state index contributed by atoms with van der Waals surface area (Å²) in [6.45, 7) is 2.49. The van der Waals surface area contributed by atoms with Crippen molar-refractivity contribution >= 4 is 34.2 Å². The number of hydrogen-bond acceptors (Lipinski definition) is 8. The van der Waals surface area contributed by atoms with Crippen LogP contribution in [-0.4, -0.2) is 51.0 Å². The molecule has 0 aliphatic carbocycles. The molecule has 2 aromatic heterocycles. The van der Waals surface area contributed by atoms with Crippen LogP contribution in [0.15, 0.2) is 36.5 Å². The van der Waals surface area contributed by atoms with Crippen LogP contribution in [0.2, 0.25) is 0 Å². The number of H-pyrrole nitrogens is 1. The van der Waals surface area contributed by atoms with E-state index >= 15 is 0 Å². The van der Waals surface area contributed by atoms with Crippen LogP contribution in [0.4, 0.5) is 23.1 Å². The van der Waals surface area contributed by atoms with Crippen LogP contribution in [-0.2, 0) is 0 Å². The number of pyridine rings is 1. The third kappa shape index (κ3) is 3.29. The molecule has 1 fully saturated rings. The van der Waals surface area contributed by atoms with Gasteiger partial charge in [0, 0.05) is 50.6 Å². The highest BCUT2D eigenvalue weighted by Crippen LogP contribution is 2.27. The molecule has 0 saturated carbocycles. The second-order valence-corrected chi connectivity index (χ2v) is 6.45. The largest absolute Gasteiger partial charge is 0.349 e. The number of nitro benzene ring substituents is 1. The minimum Gasteiger partial charge on any atom is -0.349 e. The maximum Gasteiger partial charge on any atom is 0.311 e. The van der Waals surface area contributed by atoms with Gasteiger partial charge in [-0.1, -0.05) is 0 Å². The zero-order valence-electron chi connectivity index (χ0n) is 14.8. The van der Waals surface area contributed by atoms with Crippen molar-refractivity contribution in [2.24, 2.45) is 0 Å². The molecule has 0 unspecified atom stereocenters. The Labute approximate surface area is 158 Å². The van der Waals surface area contributed by atoms with Crippen molar-refractivity contribution in [1.29, 1.82) is 0 Å². The van der Waals surface area contributed by atoms with Gasteiger partial charge in [-0.05, 0) is 18.6 Å². The predicted octanol–water partition coefficient (Wildman–Crippen LogP) is 2.49. The monoisotopic (exact) mass is 383 g/mol. The van der Waals surface area contributed by atoms with Gasteiger partial charge in [-0.2, -0.15) is 0 Å². The molecule has 1 aromatic carbocycles. The van der Waals surface area contributed by atoms with Gasteiger partial charge in [-0.3, -0.25) is 20.2 Å². The normalized spacial score (nSPS) is 14.9. The van der Waals surface area contributed by atoms with E-state index in [4.69, 9.17) is 0 Å². The molecule has 28 heavy (non-hydrogen) atoms. The number of anilines is 2. The van der Waals surface area contributed by atoms with Gasteiger partial charge >= 0.3 is 5.69 Å². The van der Waals surface area contributed by atoms with Crippen molar-refractivity contribution in [3.63, 3.8) is 0 Å². The van der Waals surface area contributed by atoms with E-state index in [1.165, 1.54) is 18.2 Å². The number of aromatic amines is 1. The molecule has 0 bridgehead atoms. The summed E-state index contributed by atoms with van der Waals surface area (Å²) in [7, 11) is 0. The second kappa shape index (κ2) is 7.10. The lowest BCUT2D eigenvalue weighted by Crippen LogP contribution is -2.32. The van der Waals surface area contributed by atoms with Crippen molar-refractivity contribution in [3.8, 4) is 0 Å². The molecule has 0 atom stereocenters. The van der Waals surface area contributed by atoms with E-state index in [1.54, 1.807) is 18.3 Å². The molecule has 0 amide bonds. The summed E-state index contributed by atoms with van der Waals surface area (Å²) < 4.78 is 0. The highest BCUT2D eigenvalue weighted by atomic mass is 16.6. The molecule has 11 heteroatoms. The van der Waals surface area contributed by atoms with Gasteiger partial charge in [0.25, 0.3) is 5.69 Å². The number of benzene rings is 1. The predicted molar refractivity (Wildman–Crippen MR) is 103 cm³/mol. The fraction of sp³-hybridized carbons (Fsp3) is 0.294. The molecule has 11 nitrogen and oxygen atoms in total. The molecule has 3 aromatic rings. The first-order valence-electron chi connectivity index (χ1n) is 8.76. The van der Waals surface area contributed by atoms with Gasteiger partial charge < -0.3 is 14.8 Å². The fourth-order valence-corrected chi connectivity index (χ4v) is 3.36. The Bertz CT molecular complexity index is 1050. The van der Waals surface area contributed by atoms with Crippen LogP contribution in [0.3, 0.4) is 0 Å². The number of hydrogen-bond donors (Lipinski definition) is 1. The highest BCUT2D eigenvalue weighted by Gasteiger charge is 2.24. The second-order valence-electron chi connectivity index (χ2n) is 6.45. The number of imidazole rings is 1. The SMILES string of the molecule is O=[N+]([O-])c1ccc2nc(N3CCCN(c4ncccc4[N+](=O)[O-])CC3)[nH]c2c1. The van der Waals surface area contributed by atoms with Gasteiger partial charge in [0.2, 0.25) is 11.8 Å². The molecule has 1 aliphatic rings. The van der Waals surface area contributed by atoms with E-state index in [2.05, 4.69) is 15.0 Å². The molecule has 1 aliphatic heterocycles. The molecule has 1 saturated heterocycles. The molecule has 4 rings (SSSR count). The maximum atomic E-state index is 11.3. The number of nitrogens with one attached hydrogen (secondary N) is 1. The third-order valence-electron chi connectivity index (χ3n) is 4.72. The quantitative estimate of drug-likeness (QED) is 0.536. The number of aromatic nitrogens is 3. The summed E-state index contributed by atoms with van der Waals surface area (Å²) in [6, 6.07) is 7.52. The van der Waals surface area contributed by atoms with Gasteiger partial charge in [-0.25, -0.2) is 9.97 Å².